The van der Waals surface area contributed by atoms with Crippen LogP contribution in [-0.4, -0.2) is 70.6 Å². The highest BCUT2D eigenvalue weighted by molar-refractivity contribution is 14.0. The third kappa shape index (κ3) is 8.66. The highest BCUT2D eigenvalue weighted by Gasteiger charge is 2.24. The Morgan fingerprint density at radius 1 is 1.26 bits per heavy atom. The third-order valence-corrected chi connectivity index (χ3v) is 4.41. The van der Waals surface area contributed by atoms with Crippen molar-refractivity contribution in [1.82, 2.24) is 10.2 Å². The van der Waals surface area contributed by atoms with E-state index in [0.29, 0.717) is 32.3 Å². The van der Waals surface area contributed by atoms with Crippen molar-refractivity contribution in [2.24, 2.45) is 10.9 Å². The number of likely N-dealkylation sites (tertiary alicyclic amines) is 1. The molecule has 0 bridgehead atoms. The molecule has 0 saturated carbocycles. The van der Waals surface area contributed by atoms with Gasteiger partial charge in [0, 0.05) is 32.7 Å². The summed E-state index contributed by atoms with van der Waals surface area (Å²) in [5, 5.41) is 3.39. The molecular weight excluding hydrogens is 457 g/mol. The van der Waals surface area contributed by atoms with Crippen molar-refractivity contribution in [2.45, 2.75) is 20.3 Å². The number of aliphatic imine (C=N–C) groups is 1. The van der Waals surface area contributed by atoms with Crippen LogP contribution in [0.15, 0.2) is 29.3 Å². The molecular formula is C20H34IN3O3. The van der Waals surface area contributed by atoms with Crippen LogP contribution in [0.2, 0.25) is 0 Å². The molecule has 0 aromatic heterocycles. The second kappa shape index (κ2) is 14.0. The van der Waals surface area contributed by atoms with E-state index in [2.05, 4.69) is 30.1 Å². The van der Waals surface area contributed by atoms with Gasteiger partial charge in [0.25, 0.3) is 0 Å². The van der Waals surface area contributed by atoms with E-state index in [0.717, 1.165) is 49.9 Å². The average molecular weight is 491 g/mol. The van der Waals surface area contributed by atoms with Gasteiger partial charge in [0.1, 0.15) is 12.4 Å². The molecule has 1 fully saturated rings. The molecule has 0 amide bonds. The van der Waals surface area contributed by atoms with E-state index >= 15 is 0 Å². The number of halogens is 1. The monoisotopic (exact) mass is 491 g/mol. The van der Waals surface area contributed by atoms with E-state index in [1.807, 2.05) is 18.2 Å². The van der Waals surface area contributed by atoms with Gasteiger partial charge in [-0.15, -0.1) is 24.0 Å². The van der Waals surface area contributed by atoms with Crippen molar-refractivity contribution in [3.05, 3.63) is 29.8 Å². The van der Waals surface area contributed by atoms with Crippen LogP contribution in [0.25, 0.3) is 0 Å². The van der Waals surface area contributed by atoms with Crippen LogP contribution in [0.3, 0.4) is 0 Å². The summed E-state index contributed by atoms with van der Waals surface area (Å²) >= 11 is 0. The fraction of sp³-hybridized carbons (Fsp3) is 0.650. The van der Waals surface area contributed by atoms with Crippen LogP contribution in [0.4, 0.5) is 0 Å². The number of nitrogens with one attached hydrogen (secondary N) is 1. The lowest BCUT2D eigenvalue weighted by Crippen LogP contribution is -2.40. The van der Waals surface area contributed by atoms with E-state index in [-0.39, 0.29) is 24.0 Å². The smallest absolute Gasteiger partial charge is 0.194 e. The molecule has 1 unspecified atom stereocenters. The minimum atomic E-state index is 0. The zero-order chi connectivity index (χ0) is 18.6. The number of guanidine groups is 1. The molecule has 1 saturated heterocycles. The molecule has 7 heteroatoms. The van der Waals surface area contributed by atoms with Gasteiger partial charge in [0.2, 0.25) is 0 Å². The quantitative estimate of drug-likeness (QED) is 0.236. The summed E-state index contributed by atoms with van der Waals surface area (Å²) in [7, 11) is 1.70. The maximum absolute atomic E-state index is 5.84. The van der Waals surface area contributed by atoms with Crippen LogP contribution >= 0.6 is 24.0 Å². The number of methoxy groups -OCH3 is 1. The normalized spacial score (nSPS) is 16.9. The molecule has 1 aliphatic rings. The van der Waals surface area contributed by atoms with Gasteiger partial charge in [-0.2, -0.15) is 0 Å². The van der Waals surface area contributed by atoms with Crippen molar-refractivity contribution in [2.75, 3.05) is 59.7 Å². The number of ether oxygens (including phenoxy) is 3. The zero-order valence-electron chi connectivity index (χ0n) is 16.8. The second-order valence-corrected chi connectivity index (χ2v) is 6.52. The Morgan fingerprint density at radius 3 is 2.81 bits per heavy atom. The van der Waals surface area contributed by atoms with Gasteiger partial charge in [-0.25, -0.2) is 4.99 Å². The Bertz CT molecular complexity index is 557. The van der Waals surface area contributed by atoms with Crippen LogP contribution in [0.5, 0.6) is 5.75 Å². The Kier molecular flexibility index (Phi) is 12.4. The van der Waals surface area contributed by atoms with Gasteiger partial charge in [0.15, 0.2) is 5.96 Å². The molecule has 1 aromatic carbocycles. The molecule has 1 N–H and O–H groups in total. The molecule has 2 rings (SSSR count). The van der Waals surface area contributed by atoms with Crippen LogP contribution in [0, 0.1) is 12.8 Å². The number of nitrogens with zero attached hydrogens (tertiary/aromatic N) is 2. The summed E-state index contributed by atoms with van der Waals surface area (Å²) in [6, 6.07) is 8.07. The molecule has 1 aromatic rings. The fourth-order valence-corrected chi connectivity index (χ4v) is 3.00. The lowest BCUT2D eigenvalue weighted by Gasteiger charge is -2.21. The predicted octanol–water partition coefficient (Wildman–Crippen LogP) is 2.94. The Balaban J connectivity index is 0.00000364. The number of benzene rings is 1. The molecule has 27 heavy (non-hydrogen) atoms. The maximum Gasteiger partial charge on any atom is 0.194 e. The van der Waals surface area contributed by atoms with Crippen LogP contribution in [-0.2, 0) is 9.47 Å². The lowest BCUT2D eigenvalue weighted by molar-refractivity contribution is 0.0536. The summed E-state index contributed by atoms with van der Waals surface area (Å²) in [5.41, 5.74) is 1.15. The lowest BCUT2D eigenvalue weighted by atomic mass is 10.1. The first kappa shape index (κ1) is 24.0. The molecule has 1 aliphatic heterocycles. The minimum Gasteiger partial charge on any atom is -0.491 e. The third-order valence-electron chi connectivity index (χ3n) is 4.41. The van der Waals surface area contributed by atoms with Crippen molar-refractivity contribution in [3.8, 4) is 5.75 Å². The summed E-state index contributed by atoms with van der Waals surface area (Å²) in [4.78, 5) is 7.05. The molecule has 0 radical (unpaired) electrons. The van der Waals surface area contributed by atoms with E-state index in [9.17, 15) is 0 Å². The zero-order valence-corrected chi connectivity index (χ0v) is 19.1. The molecule has 0 spiro atoms. The Hall–Kier alpha value is -1.06. The fourth-order valence-electron chi connectivity index (χ4n) is 3.00. The number of hydrogen-bond donors (Lipinski definition) is 1. The maximum atomic E-state index is 5.84. The van der Waals surface area contributed by atoms with E-state index in [1.165, 1.54) is 0 Å². The first-order chi connectivity index (χ1) is 12.7. The van der Waals surface area contributed by atoms with Crippen molar-refractivity contribution >= 4 is 29.9 Å². The molecule has 0 aliphatic carbocycles. The predicted molar refractivity (Wildman–Crippen MR) is 120 cm³/mol. The van der Waals surface area contributed by atoms with E-state index < -0.39 is 0 Å². The van der Waals surface area contributed by atoms with Crippen LogP contribution in [0.1, 0.15) is 18.9 Å². The molecule has 1 heterocycles. The van der Waals surface area contributed by atoms with Crippen molar-refractivity contribution < 1.29 is 14.2 Å². The summed E-state index contributed by atoms with van der Waals surface area (Å²) in [6.45, 7) is 10.3. The summed E-state index contributed by atoms with van der Waals surface area (Å²) in [6.07, 6.45) is 1.14. The summed E-state index contributed by atoms with van der Waals surface area (Å²) < 4.78 is 16.5. The minimum absolute atomic E-state index is 0. The standard InChI is InChI=1S/C20H33N3O3.HI/c1-4-21-20(22-10-12-26-19-8-6-5-7-17(19)2)23-11-9-18(15-23)16-25-14-13-24-3;/h5-8,18H,4,9-16H2,1-3H3,(H,21,22);1H. The second-order valence-electron chi connectivity index (χ2n) is 6.52. The number of para-hydroxylation sites is 1. The Morgan fingerprint density at radius 2 is 2.07 bits per heavy atom. The van der Waals surface area contributed by atoms with Crippen LogP contribution < -0.4 is 10.1 Å². The van der Waals surface area contributed by atoms with Gasteiger partial charge < -0.3 is 24.4 Å². The van der Waals surface area contributed by atoms with Crippen molar-refractivity contribution in [1.29, 1.82) is 0 Å². The van der Waals surface area contributed by atoms with E-state index in [1.54, 1.807) is 7.11 Å². The first-order valence-corrected chi connectivity index (χ1v) is 9.53. The number of rotatable bonds is 10. The molecule has 154 valence electrons. The topological polar surface area (TPSA) is 55.3 Å². The van der Waals surface area contributed by atoms with Gasteiger partial charge in [0.05, 0.1) is 26.4 Å². The SMILES string of the molecule is CCNC(=NCCOc1ccccc1C)N1CCC(COCCOC)C1.I. The average Bonchev–Trinajstić information content (AvgIpc) is 3.11. The Labute approximate surface area is 180 Å². The van der Waals surface area contributed by atoms with Crippen molar-refractivity contribution in [3.63, 3.8) is 0 Å². The van der Waals surface area contributed by atoms with Gasteiger partial charge in [-0.05, 0) is 31.9 Å². The highest BCUT2D eigenvalue weighted by atomic mass is 127. The van der Waals surface area contributed by atoms with Gasteiger partial charge >= 0.3 is 0 Å². The molecule has 1 atom stereocenters. The van der Waals surface area contributed by atoms with Gasteiger partial charge in [-0.1, -0.05) is 18.2 Å². The number of hydrogen-bond acceptors (Lipinski definition) is 4. The number of aryl methyl sites for hydroxylation is 1. The summed E-state index contributed by atoms with van der Waals surface area (Å²) in [5.74, 6) is 2.46. The van der Waals surface area contributed by atoms with E-state index in [4.69, 9.17) is 19.2 Å². The largest absolute Gasteiger partial charge is 0.491 e. The van der Waals surface area contributed by atoms with Gasteiger partial charge in [-0.3, -0.25) is 0 Å². The molecule has 6 nitrogen and oxygen atoms in total. The highest BCUT2D eigenvalue weighted by Crippen LogP contribution is 2.17. The first-order valence-electron chi connectivity index (χ1n) is 9.53.